The molecule has 0 amide bonds. The fourth-order valence-electron chi connectivity index (χ4n) is 1.89. The van der Waals surface area contributed by atoms with Gasteiger partial charge in [0.2, 0.25) is 0 Å². The maximum absolute atomic E-state index is 13.6. The lowest BCUT2D eigenvalue weighted by molar-refractivity contribution is 0.518. The van der Waals surface area contributed by atoms with Gasteiger partial charge in [-0.1, -0.05) is 30.7 Å². The third kappa shape index (κ3) is 2.51. The minimum Gasteiger partial charge on any atom is -0.207 e. The summed E-state index contributed by atoms with van der Waals surface area (Å²) in [6.45, 7) is 1.66. The number of benzene rings is 2. The van der Waals surface area contributed by atoms with Crippen molar-refractivity contribution < 1.29 is 13.2 Å². The van der Waals surface area contributed by atoms with Gasteiger partial charge < -0.3 is 0 Å². The summed E-state index contributed by atoms with van der Waals surface area (Å²) in [5.74, 6) is -3.19. The van der Waals surface area contributed by atoms with Crippen molar-refractivity contribution in [2.24, 2.45) is 0 Å². The van der Waals surface area contributed by atoms with E-state index in [4.69, 9.17) is 11.6 Å². The van der Waals surface area contributed by atoms with Crippen LogP contribution in [-0.4, -0.2) is 0 Å². The number of rotatable bonds is 2. The van der Waals surface area contributed by atoms with E-state index in [1.165, 1.54) is 0 Å². The first-order chi connectivity index (χ1) is 8.49. The van der Waals surface area contributed by atoms with Gasteiger partial charge in [0.1, 0.15) is 17.5 Å². The first kappa shape index (κ1) is 13.0. The largest absolute Gasteiger partial charge is 0.207 e. The van der Waals surface area contributed by atoms with Crippen LogP contribution in [0.1, 0.15) is 24.0 Å². The minimum absolute atomic E-state index is 0.140. The van der Waals surface area contributed by atoms with E-state index >= 15 is 0 Å². The first-order valence-corrected chi connectivity index (χ1v) is 5.76. The summed E-state index contributed by atoms with van der Waals surface area (Å²) in [5.41, 5.74) is 0.572. The Labute approximate surface area is 108 Å². The molecule has 0 nitrogen and oxygen atoms in total. The second kappa shape index (κ2) is 5.02. The molecule has 0 aromatic heterocycles. The molecule has 94 valence electrons. The number of halogens is 4. The molecule has 0 heterocycles. The normalized spacial score (nSPS) is 12.5. The Morgan fingerprint density at radius 1 is 0.944 bits per heavy atom. The van der Waals surface area contributed by atoms with E-state index in [1.807, 2.05) is 0 Å². The van der Waals surface area contributed by atoms with Gasteiger partial charge in [0.15, 0.2) is 0 Å². The molecule has 0 bridgehead atoms. The first-order valence-electron chi connectivity index (χ1n) is 5.39. The summed E-state index contributed by atoms with van der Waals surface area (Å²) in [5, 5.41) is 0.547. The van der Waals surface area contributed by atoms with Gasteiger partial charge in [0, 0.05) is 28.6 Å². The molecule has 0 saturated heterocycles. The van der Waals surface area contributed by atoms with Crippen LogP contribution in [0, 0.1) is 17.5 Å². The zero-order valence-corrected chi connectivity index (χ0v) is 10.3. The third-order valence-corrected chi connectivity index (χ3v) is 3.10. The number of hydrogen-bond donors (Lipinski definition) is 0. The zero-order chi connectivity index (χ0) is 13.3. The van der Waals surface area contributed by atoms with Crippen LogP contribution in [-0.2, 0) is 0 Å². The lowest BCUT2D eigenvalue weighted by atomic mass is 9.92. The second-order valence-electron chi connectivity index (χ2n) is 4.06. The van der Waals surface area contributed by atoms with Gasteiger partial charge in [-0.25, -0.2) is 13.2 Å². The van der Waals surface area contributed by atoms with E-state index in [-0.39, 0.29) is 5.56 Å². The average molecular weight is 271 g/mol. The van der Waals surface area contributed by atoms with Gasteiger partial charge in [-0.2, -0.15) is 0 Å². The monoisotopic (exact) mass is 270 g/mol. The molecule has 0 N–H and O–H groups in total. The average Bonchev–Trinajstić information content (AvgIpc) is 2.28. The maximum atomic E-state index is 13.6. The molecule has 0 spiro atoms. The van der Waals surface area contributed by atoms with Crippen molar-refractivity contribution in [2.75, 3.05) is 0 Å². The Balaban J connectivity index is 2.46. The molecule has 4 heteroatoms. The Kier molecular flexibility index (Phi) is 3.62. The quantitative estimate of drug-likeness (QED) is 0.727. The van der Waals surface area contributed by atoms with Gasteiger partial charge >= 0.3 is 0 Å². The molecule has 0 radical (unpaired) electrons. The van der Waals surface area contributed by atoms with E-state index in [9.17, 15) is 13.2 Å². The lowest BCUT2D eigenvalue weighted by Crippen LogP contribution is -2.04. The highest BCUT2D eigenvalue weighted by atomic mass is 35.5. The molecular formula is C14H10ClF3. The van der Waals surface area contributed by atoms with Crippen LogP contribution in [0.3, 0.4) is 0 Å². The van der Waals surface area contributed by atoms with Crippen LogP contribution in [0.4, 0.5) is 13.2 Å². The summed E-state index contributed by atoms with van der Waals surface area (Å²) in [6, 6.07) is 8.04. The van der Waals surface area contributed by atoms with Crippen molar-refractivity contribution in [2.45, 2.75) is 12.8 Å². The molecule has 2 aromatic rings. The third-order valence-electron chi connectivity index (χ3n) is 2.85. The molecule has 1 atom stereocenters. The van der Waals surface area contributed by atoms with Crippen molar-refractivity contribution in [3.05, 3.63) is 70.0 Å². The van der Waals surface area contributed by atoms with Crippen LogP contribution >= 0.6 is 11.6 Å². The summed E-state index contributed by atoms with van der Waals surface area (Å²) in [7, 11) is 0. The Morgan fingerprint density at radius 3 is 1.94 bits per heavy atom. The van der Waals surface area contributed by atoms with E-state index < -0.39 is 23.4 Å². The predicted octanol–water partition coefficient (Wildman–Crippen LogP) is 4.91. The fraction of sp³-hybridized carbons (Fsp3) is 0.143. The molecule has 1 unspecified atom stereocenters. The van der Waals surface area contributed by atoms with E-state index in [2.05, 4.69) is 0 Å². The van der Waals surface area contributed by atoms with Crippen molar-refractivity contribution in [1.29, 1.82) is 0 Å². The molecule has 0 aliphatic rings. The van der Waals surface area contributed by atoms with Crippen LogP contribution in [0.25, 0.3) is 0 Å². The Hall–Kier alpha value is -1.48. The molecule has 2 aromatic carbocycles. The molecule has 0 aliphatic heterocycles. The molecule has 0 saturated carbocycles. The van der Waals surface area contributed by atoms with Crippen molar-refractivity contribution in [3.63, 3.8) is 0 Å². The highest BCUT2D eigenvalue weighted by Gasteiger charge is 2.19. The standard InChI is InChI=1S/C14H10ClF3/c1-8(9-2-4-10(15)5-3-9)14-12(17)6-11(16)7-13(14)18/h2-8H,1H3. The van der Waals surface area contributed by atoms with E-state index in [0.29, 0.717) is 22.7 Å². The van der Waals surface area contributed by atoms with Crippen LogP contribution < -0.4 is 0 Å². The van der Waals surface area contributed by atoms with Crippen LogP contribution in [0.2, 0.25) is 5.02 Å². The molecule has 2 rings (SSSR count). The highest BCUT2D eigenvalue weighted by molar-refractivity contribution is 6.30. The van der Waals surface area contributed by atoms with Gasteiger partial charge in [0.25, 0.3) is 0 Å². The van der Waals surface area contributed by atoms with E-state index in [0.717, 1.165) is 0 Å². The molecule has 0 aliphatic carbocycles. The second-order valence-corrected chi connectivity index (χ2v) is 4.49. The van der Waals surface area contributed by atoms with E-state index in [1.54, 1.807) is 31.2 Å². The summed E-state index contributed by atoms with van der Waals surface area (Å²) in [6.07, 6.45) is 0. The fourth-order valence-corrected chi connectivity index (χ4v) is 2.01. The Bertz CT molecular complexity index is 541. The molecular weight excluding hydrogens is 261 g/mol. The summed E-state index contributed by atoms with van der Waals surface area (Å²) in [4.78, 5) is 0. The van der Waals surface area contributed by atoms with Crippen molar-refractivity contribution in [1.82, 2.24) is 0 Å². The van der Waals surface area contributed by atoms with Gasteiger partial charge in [-0.3, -0.25) is 0 Å². The van der Waals surface area contributed by atoms with Crippen LogP contribution in [0.5, 0.6) is 0 Å². The van der Waals surface area contributed by atoms with Crippen LogP contribution in [0.15, 0.2) is 36.4 Å². The molecule has 18 heavy (non-hydrogen) atoms. The van der Waals surface area contributed by atoms with Gasteiger partial charge in [-0.15, -0.1) is 0 Å². The predicted molar refractivity (Wildman–Crippen MR) is 65.3 cm³/mol. The summed E-state index contributed by atoms with van der Waals surface area (Å²) >= 11 is 5.75. The summed E-state index contributed by atoms with van der Waals surface area (Å²) < 4.78 is 40.1. The highest BCUT2D eigenvalue weighted by Crippen LogP contribution is 2.29. The zero-order valence-electron chi connectivity index (χ0n) is 9.55. The lowest BCUT2D eigenvalue weighted by Gasteiger charge is -2.14. The van der Waals surface area contributed by atoms with Crippen molar-refractivity contribution in [3.8, 4) is 0 Å². The topological polar surface area (TPSA) is 0 Å². The van der Waals surface area contributed by atoms with Gasteiger partial charge in [-0.05, 0) is 17.7 Å². The SMILES string of the molecule is CC(c1ccc(Cl)cc1)c1c(F)cc(F)cc1F. The minimum atomic E-state index is -0.919. The van der Waals surface area contributed by atoms with Crippen molar-refractivity contribution >= 4 is 11.6 Å². The Morgan fingerprint density at radius 2 is 1.44 bits per heavy atom. The van der Waals surface area contributed by atoms with Gasteiger partial charge in [0.05, 0.1) is 0 Å². The molecule has 0 fully saturated rings. The smallest absolute Gasteiger partial charge is 0.132 e. The number of hydrogen-bond acceptors (Lipinski definition) is 0. The maximum Gasteiger partial charge on any atom is 0.132 e.